The van der Waals surface area contributed by atoms with Crippen LogP contribution < -0.4 is 0 Å². The largest absolute Gasteiger partial charge is 0.339 e. The Morgan fingerprint density at radius 1 is 1.08 bits per heavy atom. The summed E-state index contributed by atoms with van der Waals surface area (Å²) in [6.45, 7) is 6.82. The highest BCUT2D eigenvalue weighted by molar-refractivity contribution is 9.10. The van der Waals surface area contributed by atoms with E-state index in [0.29, 0.717) is 31.9 Å². The lowest BCUT2D eigenvalue weighted by Gasteiger charge is -2.35. The van der Waals surface area contributed by atoms with Crippen molar-refractivity contribution in [2.24, 2.45) is 5.92 Å². The van der Waals surface area contributed by atoms with Crippen LogP contribution in [0, 0.1) is 19.8 Å². The van der Waals surface area contributed by atoms with E-state index >= 15 is 0 Å². The second kappa shape index (κ2) is 7.48. The molecule has 0 N–H and O–H groups in total. The van der Waals surface area contributed by atoms with Crippen molar-refractivity contribution >= 4 is 39.5 Å². The molecular formula is C18H23BrN2O2S. The second-order valence-corrected chi connectivity index (χ2v) is 8.51. The molecule has 1 aliphatic heterocycles. The van der Waals surface area contributed by atoms with Crippen molar-refractivity contribution in [3.63, 3.8) is 0 Å². The first-order valence-corrected chi connectivity index (χ1v) is 10.2. The molecule has 1 saturated heterocycles. The molecule has 6 heteroatoms. The van der Waals surface area contributed by atoms with Gasteiger partial charge in [-0.05, 0) is 49.9 Å². The van der Waals surface area contributed by atoms with Gasteiger partial charge < -0.3 is 9.80 Å². The van der Waals surface area contributed by atoms with E-state index in [1.807, 2.05) is 9.80 Å². The van der Waals surface area contributed by atoms with Crippen molar-refractivity contribution in [1.29, 1.82) is 0 Å². The van der Waals surface area contributed by atoms with Crippen LogP contribution in [0.3, 0.4) is 0 Å². The van der Waals surface area contributed by atoms with Crippen LogP contribution in [-0.2, 0) is 9.59 Å². The maximum atomic E-state index is 12.4. The first-order chi connectivity index (χ1) is 11.5. The van der Waals surface area contributed by atoms with Gasteiger partial charge in [-0.3, -0.25) is 9.59 Å². The lowest BCUT2D eigenvalue weighted by atomic mass is 10.2. The number of thioether (sulfide) groups is 1. The number of aryl methyl sites for hydroxylation is 2. The molecule has 3 rings (SSSR count). The lowest BCUT2D eigenvalue weighted by Crippen LogP contribution is -2.51. The maximum absolute atomic E-state index is 12.4. The minimum atomic E-state index is 0.165. The lowest BCUT2D eigenvalue weighted by molar-refractivity contribution is -0.139. The number of nitrogens with zero attached hydrogens (tertiary/aromatic N) is 2. The van der Waals surface area contributed by atoms with Crippen molar-refractivity contribution in [2.45, 2.75) is 31.6 Å². The van der Waals surface area contributed by atoms with Gasteiger partial charge in [0.1, 0.15) is 0 Å². The van der Waals surface area contributed by atoms with Crippen LogP contribution in [0.15, 0.2) is 21.5 Å². The smallest absolute Gasteiger partial charge is 0.233 e. The standard InChI is InChI=1S/C18H23BrN2O2S/c1-12-10-16(13(2)9-15(12)19)24-11-17(22)20-5-7-21(8-6-20)18(23)14-3-4-14/h9-10,14H,3-8,11H2,1-2H3. The number of benzene rings is 1. The van der Waals surface area contributed by atoms with Gasteiger partial charge in [-0.2, -0.15) is 0 Å². The third-order valence-electron chi connectivity index (χ3n) is 4.68. The third kappa shape index (κ3) is 4.14. The highest BCUT2D eigenvalue weighted by Crippen LogP contribution is 2.31. The van der Waals surface area contributed by atoms with Crippen LogP contribution in [0.5, 0.6) is 0 Å². The zero-order valence-electron chi connectivity index (χ0n) is 14.2. The SMILES string of the molecule is Cc1cc(SCC(=O)N2CCN(C(=O)C3CC3)CC2)c(C)cc1Br. The van der Waals surface area contributed by atoms with Crippen molar-refractivity contribution < 1.29 is 9.59 Å². The van der Waals surface area contributed by atoms with E-state index in [1.165, 1.54) is 11.1 Å². The van der Waals surface area contributed by atoms with Gasteiger partial charge >= 0.3 is 0 Å². The fraction of sp³-hybridized carbons (Fsp3) is 0.556. The summed E-state index contributed by atoms with van der Waals surface area (Å²) < 4.78 is 1.10. The summed E-state index contributed by atoms with van der Waals surface area (Å²) in [6.07, 6.45) is 2.08. The fourth-order valence-electron chi connectivity index (χ4n) is 2.91. The van der Waals surface area contributed by atoms with Crippen LogP contribution in [0.2, 0.25) is 0 Å². The molecule has 0 spiro atoms. The van der Waals surface area contributed by atoms with Gasteiger partial charge in [0, 0.05) is 41.5 Å². The Balaban J connectivity index is 1.49. The van der Waals surface area contributed by atoms with Gasteiger partial charge in [-0.1, -0.05) is 15.9 Å². The van der Waals surface area contributed by atoms with Crippen LogP contribution in [0.1, 0.15) is 24.0 Å². The Kier molecular flexibility index (Phi) is 5.55. The quantitative estimate of drug-likeness (QED) is 0.715. The Morgan fingerprint density at radius 3 is 2.33 bits per heavy atom. The molecule has 2 fully saturated rings. The average molecular weight is 411 g/mol. The summed E-state index contributed by atoms with van der Waals surface area (Å²) in [5, 5.41) is 0. The second-order valence-electron chi connectivity index (χ2n) is 6.64. The van der Waals surface area contributed by atoms with Crippen molar-refractivity contribution in [1.82, 2.24) is 9.80 Å². The molecule has 0 atom stereocenters. The van der Waals surface area contributed by atoms with Gasteiger partial charge in [-0.15, -0.1) is 11.8 Å². The van der Waals surface area contributed by atoms with Crippen molar-refractivity contribution in [2.75, 3.05) is 31.9 Å². The van der Waals surface area contributed by atoms with E-state index in [0.717, 1.165) is 22.2 Å². The Labute approximate surface area is 156 Å². The normalized spacial score (nSPS) is 18.0. The van der Waals surface area contributed by atoms with E-state index in [-0.39, 0.29) is 17.7 Å². The molecule has 1 aliphatic carbocycles. The number of rotatable bonds is 4. The summed E-state index contributed by atoms with van der Waals surface area (Å²) in [6, 6.07) is 4.23. The molecule has 1 heterocycles. The Hall–Kier alpha value is -1.01. The fourth-order valence-corrected chi connectivity index (χ4v) is 4.37. The summed E-state index contributed by atoms with van der Waals surface area (Å²) >= 11 is 5.14. The highest BCUT2D eigenvalue weighted by Gasteiger charge is 2.35. The highest BCUT2D eigenvalue weighted by atomic mass is 79.9. The molecule has 1 saturated carbocycles. The summed E-state index contributed by atoms with van der Waals surface area (Å²) in [4.78, 5) is 29.5. The molecule has 0 radical (unpaired) electrons. The van der Waals surface area contributed by atoms with Crippen LogP contribution in [-0.4, -0.2) is 53.5 Å². The number of hydrogen-bond acceptors (Lipinski definition) is 3. The number of carbonyl (C=O) groups excluding carboxylic acids is 2. The molecule has 0 unspecified atom stereocenters. The molecule has 24 heavy (non-hydrogen) atoms. The zero-order chi connectivity index (χ0) is 17.3. The van der Waals surface area contributed by atoms with Crippen LogP contribution >= 0.6 is 27.7 Å². The first-order valence-electron chi connectivity index (χ1n) is 8.42. The predicted octanol–water partition coefficient (Wildman–Crippen LogP) is 3.24. The molecular weight excluding hydrogens is 388 g/mol. The van der Waals surface area contributed by atoms with Gasteiger partial charge in [0.15, 0.2) is 0 Å². The summed E-state index contributed by atoms with van der Waals surface area (Å²) in [5.74, 6) is 1.18. The number of amides is 2. The maximum Gasteiger partial charge on any atom is 0.233 e. The van der Waals surface area contributed by atoms with E-state index in [2.05, 4.69) is 41.9 Å². The topological polar surface area (TPSA) is 40.6 Å². The van der Waals surface area contributed by atoms with E-state index in [4.69, 9.17) is 0 Å². The molecule has 0 bridgehead atoms. The van der Waals surface area contributed by atoms with Crippen molar-refractivity contribution in [3.05, 3.63) is 27.7 Å². The van der Waals surface area contributed by atoms with Gasteiger partial charge in [0.2, 0.25) is 11.8 Å². The zero-order valence-corrected chi connectivity index (χ0v) is 16.6. The number of halogens is 1. The van der Waals surface area contributed by atoms with Gasteiger partial charge in [0.25, 0.3) is 0 Å². The molecule has 1 aromatic rings. The molecule has 130 valence electrons. The van der Waals surface area contributed by atoms with E-state index in [9.17, 15) is 9.59 Å². The molecule has 2 amide bonds. The predicted molar refractivity (Wildman–Crippen MR) is 100 cm³/mol. The first kappa shape index (κ1) is 17.8. The third-order valence-corrected chi connectivity index (χ3v) is 6.67. The monoisotopic (exact) mass is 410 g/mol. The van der Waals surface area contributed by atoms with Crippen LogP contribution in [0.25, 0.3) is 0 Å². The average Bonchev–Trinajstić information content (AvgIpc) is 3.41. The summed E-state index contributed by atoms with van der Waals surface area (Å²) in [7, 11) is 0. The Bertz CT molecular complexity index is 653. The van der Waals surface area contributed by atoms with Gasteiger partial charge in [-0.25, -0.2) is 0 Å². The molecule has 2 aliphatic rings. The minimum absolute atomic E-state index is 0.165. The van der Waals surface area contributed by atoms with E-state index in [1.54, 1.807) is 11.8 Å². The number of hydrogen-bond donors (Lipinski definition) is 0. The number of carbonyl (C=O) groups is 2. The van der Waals surface area contributed by atoms with Crippen molar-refractivity contribution in [3.8, 4) is 0 Å². The number of piperazine rings is 1. The molecule has 0 aromatic heterocycles. The summed E-state index contributed by atoms with van der Waals surface area (Å²) in [5.41, 5.74) is 2.37. The minimum Gasteiger partial charge on any atom is -0.339 e. The van der Waals surface area contributed by atoms with E-state index < -0.39 is 0 Å². The molecule has 4 nitrogen and oxygen atoms in total. The Morgan fingerprint density at radius 2 is 1.71 bits per heavy atom. The van der Waals surface area contributed by atoms with Gasteiger partial charge in [0.05, 0.1) is 5.75 Å². The van der Waals surface area contributed by atoms with Crippen LogP contribution in [0.4, 0.5) is 0 Å². The molecule has 1 aromatic carbocycles.